The van der Waals surface area contributed by atoms with Crippen molar-refractivity contribution >= 4 is 11.7 Å². The molecule has 20 heavy (non-hydrogen) atoms. The molecule has 7 heteroatoms. The minimum Gasteiger partial charge on any atom is -0.481 e. The highest BCUT2D eigenvalue weighted by atomic mass is 16.5. The molecule has 0 fully saturated rings. The Bertz CT molecular complexity index is 603. The van der Waals surface area contributed by atoms with E-state index in [0.29, 0.717) is 23.8 Å². The number of pyridine rings is 2. The van der Waals surface area contributed by atoms with Crippen molar-refractivity contribution in [3.63, 3.8) is 0 Å². The predicted octanol–water partition coefficient (Wildman–Crippen LogP) is 0.701. The van der Waals surface area contributed by atoms with E-state index in [1.54, 1.807) is 43.8 Å². The average Bonchev–Trinajstić information content (AvgIpc) is 2.52. The molecule has 104 valence electrons. The molecule has 0 spiro atoms. The van der Waals surface area contributed by atoms with Crippen LogP contribution in [0.1, 0.15) is 15.9 Å². The van der Waals surface area contributed by atoms with Crippen LogP contribution in [0.15, 0.2) is 36.7 Å². The maximum Gasteiger partial charge on any atom is 0.255 e. The lowest BCUT2D eigenvalue weighted by Gasteiger charge is -2.09. The molecule has 0 unspecified atom stereocenters. The number of hydrogen-bond acceptors (Lipinski definition) is 6. The van der Waals surface area contributed by atoms with Crippen molar-refractivity contribution in [1.29, 1.82) is 0 Å². The minimum atomic E-state index is -0.262. The number of nitrogens with two attached hydrogens (primary N) is 1. The molecule has 0 aliphatic heterocycles. The van der Waals surface area contributed by atoms with E-state index >= 15 is 0 Å². The summed E-state index contributed by atoms with van der Waals surface area (Å²) < 4.78 is 5.02. The van der Waals surface area contributed by atoms with Crippen LogP contribution in [0, 0.1) is 0 Å². The van der Waals surface area contributed by atoms with Gasteiger partial charge in [-0.15, -0.1) is 0 Å². The van der Waals surface area contributed by atoms with Gasteiger partial charge in [0.1, 0.15) is 0 Å². The van der Waals surface area contributed by atoms with Gasteiger partial charge in [-0.3, -0.25) is 4.79 Å². The fraction of sp³-hybridized carbons (Fsp3) is 0.154. The lowest BCUT2D eigenvalue weighted by Crippen LogP contribution is -2.25. The highest BCUT2D eigenvalue weighted by Gasteiger charge is 2.11. The largest absolute Gasteiger partial charge is 0.481 e. The summed E-state index contributed by atoms with van der Waals surface area (Å²) in [6.45, 7) is 0.358. The lowest BCUT2D eigenvalue weighted by atomic mass is 10.2. The molecule has 0 bridgehead atoms. The van der Waals surface area contributed by atoms with Crippen LogP contribution in [-0.4, -0.2) is 23.0 Å². The van der Waals surface area contributed by atoms with Gasteiger partial charge in [0.25, 0.3) is 5.91 Å². The van der Waals surface area contributed by atoms with Crippen LogP contribution in [-0.2, 0) is 6.54 Å². The number of rotatable bonds is 5. The molecule has 7 nitrogen and oxygen atoms in total. The third-order valence-electron chi connectivity index (χ3n) is 2.65. The Morgan fingerprint density at radius 2 is 2.20 bits per heavy atom. The number of hydrogen-bond donors (Lipinski definition) is 3. The van der Waals surface area contributed by atoms with Crippen LogP contribution in [0.2, 0.25) is 0 Å². The molecule has 2 aromatic heterocycles. The summed E-state index contributed by atoms with van der Waals surface area (Å²) in [6.07, 6.45) is 3.18. The van der Waals surface area contributed by atoms with Gasteiger partial charge in [-0.25, -0.2) is 15.8 Å². The van der Waals surface area contributed by atoms with Crippen LogP contribution >= 0.6 is 0 Å². The van der Waals surface area contributed by atoms with Crippen molar-refractivity contribution in [3.8, 4) is 5.88 Å². The van der Waals surface area contributed by atoms with E-state index in [9.17, 15) is 4.79 Å². The van der Waals surface area contributed by atoms with E-state index in [2.05, 4.69) is 20.7 Å². The van der Waals surface area contributed by atoms with Gasteiger partial charge in [-0.1, -0.05) is 0 Å². The summed E-state index contributed by atoms with van der Waals surface area (Å²) in [7, 11) is 1.54. The number of aromatic nitrogens is 2. The molecule has 2 aromatic rings. The average molecular weight is 273 g/mol. The summed E-state index contributed by atoms with van der Waals surface area (Å²) >= 11 is 0. The number of anilines is 1. The maximum atomic E-state index is 12.1. The van der Waals surface area contributed by atoms with Crippen molar-refractivity contribution in [1.82, 2.24) is 15.3 Å². The summed E-state index contributed by atoms with van der Waals surface area (Å²) in [5, 5.41) is 2.78. The molecule has 0 atom stereocenters. The highest BCUT2D eigenvalue weighted by molar-refractivity contribution is 5.98. The number of carbonyl (C=O) groups excluding carboxylic acids is 1. The first-order valence-corrected chi connectivity index (χ1v) is 5.93. The predicted molar refractivity (Wildman–Crippen MR) is 74.0 cm³/mol. The Balaban J connectivity index is 2.04. The first-order chi connectivity index (χ1) is 9.74. The Kier molecular flexibility index (Phi) is 4.46. The van der Waals surface area contributed by atoms with Gasteiger partial charge >= 0.3 is 0 Å². The smallest absolute Gasteiger partial charge is 0.255 e. The third-order valence-corrected chi connectivity index (χ3v) is 2.65. The van der Waals surface area contributed by atoms with Gasteiger partial charge in [0.15, 0.2) is 5.82 Å². The van der Waals surface area contributed by atoms with E-state index in [1.165, 1.54) is 0 Å². The third kappa shape index (κ3) is 3.21. The van der Waals surface area contributed by atoms with Gasteiger partial charge in [0, 0.05) is 25.0 Å². The summed E-state index contributed by atoms with van der Waals surface area (Å²) in [5.41, 5.74) is 3.66. The van der Waals surface area contributed by atoms with Crippen LogP contribution < -0.4 is 21.3 Å². The first-order valence-electron chi connectivity index (χ1n) is 5.93. The molecule has 2 rings (SSSR count). The molecule has 1 amide bonds. The van der Waals surface area contributed by atoms with E-state index in [-0.39, 0.29) is 5.91 Å². The second kappa shape index (κ2) is 6.48. The van der Waals surface area contributed by atoms with Gasteiger partial charge in [-0.2, -0.15) is 0 Å². The fourth-order valence-electron chi connectivity index (χ4n) is 1.65. The number of nitrogens with one attached hydrogen (secondary N) is 2. The van der Waals surface area contributed by atoms with Crippen molar-refractivity contribution < 1.29 is 9.53 Å². The Labute approximate surface area is 116 Å². The molecule has 0 aliphatic carbocycles. The van der Waals surface area contributed by atoms with E-state index in [4.69, 9.17) is 10.6 Å². The van der Waals surface area contributed by atoms with E-state index in [1.807, 2.05) is 0 Å². The van der Waals surface area contributed by atoms with Crippen LogP contribution in [0.25, 0.3) is 0 Å². The van der Waals surface area contributed by atoms with Gasteiger partial charge in [-0.05, 0) is 23.8 Å². The van der Waals surface area contributed by atoms with Crippen molar-refractivity contribution in [2.75, 3.05) is 12.5 Å². The summed E-state index contributed by atoms with van der Waals surface area (Å²) in [4.78, 5) is 20.0. The Morgan fingerprint density at radius 3 is 2.95 bits per heavy atom. The molecule has 0 saturated heterocycles. The van der Waals surface area contributed by atoms with Crippen LogP contribution in [0.4, 0.5) is 5.82 Å². The standard InChI is InChI=1S/C13H15N5O2/c1-20-11-7-9(4-6-15-11)8-17-13(19)10-3-2-5-16-12(10)18-14/h2-7H,8,14H2,1H3,(H,16,18)(H,17,19). The quantitative estimate of drug-likeness (QED) is 0.547. The second-order valence-electron chi connectivity index (χ2n) is 3.93. The maximum absolute atomic E-state index is 12.1. The molecular weight excluding hydrogens is 258 g/mol. The number of carbonyl (C=O) groups is 1. The molecule has 0 aliphatic rings. The second-order valence-corrected chi connectivity index (χ2v) is 3.93. The number of nitrogen functional groups attached to an aromatic ring is 1. The van der Waals surface area contributed by atoms with Crippen LogP contribution in [0.5, 0.6) is 5.88 Å². The van der Waals surface area contributed by atoms with Crippen molar-refractivity contribution in [2.24, 2.45) is 5.84 Å². The summed E-state index contributed by atoms with van der Waals surface area (Å²) in [5.74, 6) is 5.89. The zero-order valence-electron chi connectivity index (χ0n) is 11.0. The number of nitrogens with zero attached hydrogens (tertiary/aromatic N) is 2. The topological polar surface area (TPSA) is 102 Å². The number of hydrazine groups is 1. The Morgan fingerprint density at radius 1 is 1.35 bits per heavy atom. The fourth-order valence-corrected chi connectivity index (χ4v) is 1.65. The molecular formula is C13H15N5O2. The number of methoxy groups -OCH3 is 1. The zero-order valence-corrected chi connectivity index (χ0v) is 11.0. The molecule has 0 radical (unpaired) electrons. The van der Waals surface area contributed by atoms with Gasteiger partial charge < -0.3 is 15.5 Å². The monoisotopic (exact) mass is 273 g/mol. The zero-order chi connectivity index (χ0) is 14.4. The highest BCUT2D eigenvalue weighted by Crippen LogP contribution is 2.11. The lowest BCUT2D eigenvalue weighted by molar-refractivity contribution is 0.0951. The number of ether oxygens (including phenoxy) is 1. The minimum absolute atomic E-state index is 0.262. The summed E-state index contributed by atoms with van der Waals surface area (Å²) in [6, 6.07) is 6.87. The van der Waals surface area contributed by atoms with Crippen LogP contribution in [0.3, 0.4) is 0 Å². The molecule has 2 heterocycles. The SMILES string of the molecule is COc1cc(CNC(=O)c2cccnc2NN)ccn1. The first kappa shape index (κ1) is 13.8. The normalized spacial score (nSPS) is 9.90. The van der Waals surface area contributed by atoms with E-state index < -0.39 is 0 Å². The Hall–Kier alpha value is -2.67. The van der Waals surface area contributed by atoms with Crippen molar-refractivity contribution in [2.45, 2.75) is 6.54 Å². The van der Waals surface area contributed by atoms with Gasteiger partial charge in [0.05, 0.1) is 12.7 Å². The van der Waals surface area contributed by atoms with E-state index in [0.717, 1.165) is 5.56 Å². The number of amides is 1. The molecule has 0 aromatic carbocycles. The molecule has 0 saturated carbocycles. The van der Waals surface area contributed by atoms with Crippen molar-refractivity contribution in [3.05, 3.63) is 47.8 Å². The van der Waals surface area contributed by atoms with Gasteiger partial charge in [0.2, 0.25) is 5.88 Å². The molecule has 4 N–H and O–H groups in total.